The normalized spacial score (nSPS) is 18.9. The van der Waals surface area contributed by atoms with Crippen LogP contribution in [0.4, 0.5) is 0 Å². The van der Waals surface area contributed by atoms with Crippen molar-refractivity contribution in [1.82, 2.24) is 10.6 Å². The average molecular weight is 402 g/mol. The molecule has 1 fully saturated rings. The first-order chi connectivity index (χ1) is 9.95. The van der Waals surface area contributed by atoms with Crippen molar-refractivity contribution in [3.8, 4) is 0 Å². The second kappa shape index (κ2) is 6.88. The molecule has 0 radical (unpaired) electrons. The molecule has 1 aliphatic rings. The molecule has 1 saturated heterocycles. The minimum Gasteiger partial charge on any atom is -0.480 e. The van der Waals surface area contributed by atoms with Gasteiger partial charge in [0.2, 0.25) is 11.8 Å². The average Bonchev–Trinajstić information content (AvgIpc) is 2.87. The zero-order valence-corrected chi connectivity index (χ0v) is 13.3. The topological polar surface area (TPSA) is 95.5 Å². The molecule has 0 spiro atoms. The first-order valence-electron chi connectivity index (χ1n) is 6.52. The van der Waals surface area contributed by atoms with Crippen LogP contribution in [0.25, 0.3) is 0 Å². The Morgan fingerprint density at radius 1 is 1.38 bits per heavy atom. The van der Waals surface area contributed by atoms with Crippen molar-refractivity contribution in [1.29, 1.82) is 0 Å². The maximum Gasteiger partial charge on any atom is 0.326 e. The fourth-order valence-electron chi connectivity index (χ4n) is 2.14. The van der Waals surface area contributed by atoms with Crippen LogP contribution in [0.15, 0.2) is 24.3 Å². The molecule has 0 aromatic heterocycles. The van der Waals surface area contributed by atoms with Gasteiger partial charge in [-0.3, -0.25) is 9.59 Å². The molecule has 3 N–H and O–H groups in total. The highest BCUT2D eigenvalue weighted by atomic mass is 127. The second-order valence-electron chi connectivity index (χ2n) is 4.89. The Morgan fingerprint density at radius 2 is 2.05 bits per heavy atom. The highest BCUT2D eigenvalue weighted by molar-refractivity contribution is 14.1. The minimum absolute atomic E-state index is 0.181. The van der Waals surface area contributed by atoms with Gasteiger partial charge in [0.25, 0.3) is 0 Å². The zero-order valence-electron chi connectivity index (χ0n) is 11.1. The number of carbonyl (C=O) groups excluding carboxylic acids is 2. The number of nitrogens with one attached hydrogen (secondary N) is 2. The molecule has 0 saturated carbocycles. The number of rotatable bonds is 5. The van der Waals surface area contributed by atoms with E-state index in [1.807, 2.05) is 24.3 Å². The van der Waals surface area contributed by atoms with Crippen LogP contribution in [0.2, 0.25) is 0 Å². The largest absolute Gasteiger partial charge is 0.480 e. The van der Waals surface area contributed by atoms with E-state index in [0.29, 0.717) is 12.8 Å². The third-order valence-electron chi connectivity index (χ3n) is 3.28. The van der Waals surface area contributed by atoms with E-state index < -0.39 is 24.0 Å². The number of carboxylic acids is 1. The molecular weight excluding hydrogens is 387 g/mol. The lowest BCUT2D eigenvalue weighted by molar-refractivity contribution is -0.142. The Morgan fingerprint density at radius 3 is 2.57 bits per heavy atom. The molecule has 6 nitrogen and oxygen atoms in total. The number of halogens is 1. The smallest absolute Gasteiger partial charge is 0.326 e. The molecule has 0 unspecified atom stereocenters. The van der Waals surface area contributed by atoms with E-state index in [2.05, 4.69) is 33.2 Å². The van der Waals surface area contributed by atoms with E-state index in [1.165, 1.54) is 0 Å². The summed E-state index contributed by atoms with van der Waals surface area (Å²) in [6, 6.07) is 5.80. The van der Waals surface area contributed by atoms with Gasteiger partial charge < -0.3 is 15.7 Å². The van der Waals surface area contributed by atoms with Gasteiger partial charge in [0, 0.05) is 16.4 Å². The highest BCUT2D eigenvalue weighted by Gasteiger charge is 2.30. The third-order valence-corrected chi connectivity index (χ3v) is 4.00. The van der Waals surface area contributed by atoms with E-state index in [-0.39, 0.29) is 12.3 Å². The molecule has 1 aromatic rings. The Hall–Kier alpha value is -1.64. The standard InChI is InChI=1S/C14H15IN2O4/c15-9-3-1-8(2-4-9)7-11(14(20)21)17-13(19)10-5-6-12(18)16-10/h1-4,10-11H,5-7H2,(H,16,18)(H,17,19)(H,20,21)/t10-,11-/m0/s1. The van der Waals surface area contributed by atoms with Gasteiger partial charge in [-0.05, 0) is 46.7 Å². The maximum atomic E-state index is 12.0. The molecule has 2 atom stereocenters. The van der Waals surface area contributed by atoms with Crippen LogP contribution in [-0.2, 0) is 20.8 Å². The van der Waals surface area contributed by atoms with Gasteiger partial charge in [-0.1, -0.05) is 12.1 Å². The van der Waals surface area contributed by atoms with Gasteiger partial charge in [0.1, 0.15) is 12.1 Å². The molecule has 21 heavy (non-hydrogen) atoms. The molecule has 1 heterocycles. The number of aliphatic carboxylic acids is 1. The fourth-order valence-corrected chi connectivity index (χ4v) is 2.50. The van der Waals surface area contributed by atoms with Gasteiger partial charge in [-0.25, -0.2) is 4.79 Å². The quantitative estimate of drug-likeness (QED) is 0.632. The number of hydrogen-bond donors (Lipinski definition) is 3. The van der Waals surface area contributed by atoms with Gasteiger partial charge in [-0.2, -0.15) is 0 Å². The van der Waals surface area contributed by atoms with Crippen LogP contribution in [0.3, 0.4) is 0 Å². The van der Waals surface area contributed by atoms with Crippen molar-refractivity contribution in [2.24, 2.45) is 0 Å². The number of amides is 2. The summed E-state index contributed by atoms with van der Waals surface area (Å²) in [5.74, 6) is -1.72. The molecule has 112 valence electrons. The molecule has 0 aliphatic carbocycles. The van der Waals surface area contributed by atoms with Gasteiger partial charge in [0.15, 0.2) is 0 Å². The summed E-state index contributed by atoms with van der Waals surface area (Å²) in [5.41, 5.74) is 0.832. The van der Waals surface area contributed by atoms with E-state index in [9.17, 15) is 19.5 Å². The van der Waals surface area contributed by atoms with Gasteiger partial charge in [-0.15, -0.1) is 0 Å². The van der Waals surface area contributed by atoms with Crippen LogP contribution in [-0.4, -0.2) is 35.0 Å². The van der Waals surface area contributed by atoms with E-state index in [4.69, 9.17) is 0 Å². The molecule has 7 heteroatoms. The Labute approximate surface area is 135 Å². The summed E-state index contributed by atoms with van der Waals surface area (Å²) >= 11 is 2.16. The summed E-state index contributed by atoms with van der Waals surface area (Å²) in [4.78, 5) is 34.3. The molecule has 1 aliphatic heterocycles. The molecular formula is C14H15IN2O4. The van der Waals surface area contributed by atoms with Crippen molar-refractivity contribution >= 4 is 40.4 Å². The number of hydrogen-bond acceptors (Lipinski definition) is 3. The summed E-state index contributed by atoms with van der Waals surface area (Å²) < 4.78 is 1.06. The lowest BCUT2D eigenvalue weighted by Gasteiger charge is -2.17. The SMILES string of the molecule is O=C1CC[C@@H](C(=O)N[C@@H](Cc2ccc(I)cc2)C(=O)O)N1. The molecule has 2 amide bonds. The first kappa shape index (κ1) is 15.7. The van der Waals surface area contributed by atoms with E-state index in [0.717, 1.165) is 9.13 Å². The van der Waals surface area contributed by atoms with Crippen molar-refractivity contribution < 1.29 is 19.5 Å². The number of carboxylic acid groups (broad SMARTS) is 1. The first-order valence-corrected chi connectivity index (χ1v) is 7.60. The lowest BCUT2D eigenvalue weighted by atomic mass is 10.1. The van der Waals surface area contributed by atoms with Crippen molar-refractivity contribution in [3.63, 3.8) is 0 Å². The second-order valence-corrected chi connectivity index (χ2v) is 6.13. The summed E-state index contributed by atoms with van der Waals surface area (Å²) in [6.07, 6.45) is 0.909. The summed E-state index contributed by atoms with van der Waals surface area (Å²) in [5, 5.41) is 14.2. The molecule has 0 bridgehead atoms. The fraction of sp³-hybridized carbons (Fsp3) is 0.357. The predicted octanol–water partition coefficient (Wildman–Crippen LogP) is 0.682. The van der Waals surface area contributed by atoms with E-state index in [1.54, 1.807) is 0 Å². The van der Waals surface area contributed by atoms with Crippen LogP contribution in [0, 0.1) is 3.57 Å². The summed E-state index contributed by atoms with van der Waals surface area (Å²) in [6.45, 7) is 0. The van der Waals surface area contributed by atoms with Crippen molar-refractivity contribution in [2.45, 2.75) is 31.3 Å². The number of benzene rings is 1. The van der Waals surface area contributed by atoms with Gasteiger partial charge >= 0.3 is 5.97 Å². The third kappa shape index (κ3) is 4.42. The zero-order chi connectivity index (χ0) is 15.4. The lowest BCUT2D eigenvalue weighted by Crippen LogP contribution is -2.49. The van der Waals surface area contributed by atoms with Gasteiger partial charge in [0.05, 0.1) is 0 Å². The Kier molecular flexibility index (Phi) is 5.16. The van der Waals surface area contributed by atoms with Crippen LogP contribution in [0.5, 0.6) is 0 Å². The van der Waals surface area contributed by atoms with Crippen LogP contribution in [0.1, 0.15) is 18.4 Å². The monoisotopic (exact) mass is 402 g/mol. The molecule has 2 rings (SSSR count). The van der Waals surface area contributed by atoms with Crippen molar-refractivity contribution in [2.75, 3.05) is 0 Å². The van der Waals surface area contributed by atoms with Crippen molar-refractivity contribution in [3.05, 3.63) is 33.4 Å². The minimum atomic E-state index is -1.09. The number of carbonyl (C=O) groups is 3. The van der Waals surface area contributed by atoms with Crippen LogP contribution >= 0.6 is 22.6 Å². The predicted molar refractivity (Wildman–Crippen MR) is 83.6 cm³/mol. The van der Waals surface area contributed by atoms with Crippen LogP contribution < -0.4 is 10.6 Å². The summed E-state index contributed by atoms with van der Waals surface area (Å²) in [7, 11) is 0. The van der Waals surface area contributed by atoms with E-state index >= 15 is 0 Å². The molecule has 1 aromatic carbocycles. The Balaban J connectivity index is 1.99. The Bertz CT molecular complexity index is 559. The highest BCUT2D eigenvalue weighted by Crippen LogP contribution is 2.10. The maximum absolute atomic E-state index is 12.0.